The Bertz CT molecular complexity index is 1650. The lowest BCUT2D eigenvalue weighted by molar-refractivity contribution is 0.250. The number of piperazine rings is 1. The SMILES string of the molecule is CCCCCc1cc(=O)oc2c([C@H](CCN3CCN(c4ccccc4)CC3)c3cc(OC)c(OC)c(OC)c3)c(OC)cc(OC)c12. The fraction of sp³-hybridized carbons (Fsp3) is 0.447. The van der Waals surface area contributed by atoms with E-state index in [1.54, 1.807) is 41.6 Å². The van der Waals surface area contributed by atoms with E-state index in [0.29, 0.717) is 34.3 Å². The average Bonchev–Trinajstić information content (AvgIpc) is 3.11. The fourth-order valence-electron chi connectivity index (χ4n) is 6.76. The zero-order chi connectivity index (χ0) is 33.3. The van der Waals surface area contributed by atoms with Gasteiger partial charge in [0.2, 0.25) is 5.75 Å². The number of aryl methyl sites for hydroxylation is 1. The van der Waals surface area contributed by atoms with E-state index >= 15 is 0 Å². The van der Waals surface area contributed by atoms with Crippen LogP contribution in [-0.4, -0.2) is 73.2 Å². The van der Waals surface area contributed by atoms with Crippen LogP contribution < -0.4 is 34.2 Å². The molecule has 1 atom stereocenters. The lowest BCUT2D eigenvalue weighted by Crippen LogP contribution is -2.46. The van der Waals surface area contributed by atoms with Gasteiger partial charge in [-0.05, 0) is 61.2 Å². The molecule has 0 aliphatic carbocycles. The van der Waals surface area contributed by atoms with Crippen molar-refractivity contribution in [2.75, 3.05) is 73.2 Å². The molecule has 0 amide bonds. The van der Waals surface area contributed by atoms with Crippen LogP contribution >= 0.6 is 0 Å². The topological polar surface area (TPSA) is 82.8 Å². The molecule has 47 heavy (non-hydrogen) atoms. The van der Waals surface area contributed by atoms with Gasteiger partial charge in [0, 0.05) is 55.5 Å². The third kappa shape index (κ3) is 7.46. The zero-order valence-electron chi connectivity index (χ0n) is 28.6. The van der Waals surface area contributed by atoms with Crippen LogP contribution in [0.1, 0.15) is 55.2 Å². The minimum atomic E-state index is -0.388. The summed E-state index contributed by atoms with van der Waals surface area (Å²) in [7, 11) is 8.12. The van der Waals surface area contributed by atoms with E-state index in [0.717, 1.165) is 86.9 Å². The van der Waals surface area contributed by atoms with Crippen molar-refractivity contribution in [3.05, 3.63) is 81.7 Å². The summed E-state index contributed by atoms with van der Waals surface area (Å²) in [6.45, 7) is 6.76. The third-order valence-electron chi connectivity index (χ3n) is 9.22. The van der Waals surface area contributed by atoms with Crippen molar-refractivity contribution in [1.29, 1.82) is 0 Å². The van der Waals surface area contributed by atoms with Gasteiger partial charge in [-0.2, -0.15) is 0 Å². The Labute approximate surface area is 277 Å². The Morgan fingerprint density at radius 1 is 0.766 bits per heavy atom. The van der Waals surface area contributed by atoms with Crippen LogP contribution in [0.4, 0.5) is 5.69 Å². The maximum absolute atomic E-state index is 13.2. The predicted octanol–water partition coefficient (Wildman–Crippen LogP) is 6.91. The molecule has 2 heterocycles. The van der Waals surface area contributed by atoms with Gasteiger partial charge >= 0.3 is 5.63 Å². The van der Waals surface area contributed by atoms with E-state index in [1.165, 1.54) is 5.69 Å². The first-order chi connectivity index (χ1) is 23.0. The van der Waals surface area contributed by atoms with Gasteiger partial charge in [-0.25, -0.2) is 4.79 Å². The summed E-state index contributed by atoms with van der Waals surface area (Å²) in [6.07, 6.45) is 4.59. The van der Waals surface area contributed by atoms with Crippen molar-refractivity contribution < 1.29 is 28.1 Å². The van der Waals surface area contributed by atoms with Gasteiger partial charge in [0.25, 0.3) is 0 Å². The number of rotatable bonds is 15. The molecule has 1 aromatic heterocycles. The van der Waals surface area contributed by atoms with Crippen LogP contribution in [0.15, 0.2) is 63.8 Å². The highest BCUT2D eigenvalue weighted by Crippen LogP contribution is 2.47. The number of hydrogen-bond acceptors (Lipinski definition) is 9. The normalized spacial score (nSPS) is 14.2. The van der Waals surface area contributed by atoms with E-state index in [9.17, 15) is 4.79 Å². The largest absolute Gasteiger partial charge is 0.496 e. The minimum Gasteiger partial charge on any atom is -0.496 e. The first-order valence-electron chi connectivity index (χ1n) is 16.5. The van der Waals surface area contributed by atoms with Gasteiger partial charge in [0.05, 0.1) is 40.9 Å². The average molecular weight is 645 g/mol. The molecular weight excluding hydrogens is 596 g/mol. The first kappa shape index (κ1) is 34.0. The molecular formula is C38H48N2O7. The second kappa shape index (κ2) is 16.0. The minimum absolute atomic E-state index is 0.242. The van der Waals surface area contributed by atoms with Gasteiger partial charge in [-0.15, -0.1) is 0 Å². The summed E-state index contributed by atoms with van der Waals surface area (Å²) in [6, 6.07) is 18.1. The van der Waals surface area contributed by atoms with Gasteiger partial charge < -0.3 is 33.0 Å². The van der Waals surface area contributed by atoms with Crippen LogP contribution in [0, 0.1) is 0 Å². The number of benzene rings is 3. The number of hydrogen-bond donors (Lipinski definition) is 0. The molecule has 0 spiro atoms. The summed E-state index contributed by atoms with van der Waals surface area (Å²) >= 11 is 0. The van der Waals surface area contributed by atoms with Crippen molar-refractivity contribution in [2.45, 2.75) is 44.9 Å². The highest BCUT2D eigenvalue weighted by atomic mass is 16.5. The van der Waals surface area contributed by atoms with Gasteiger partial charge in [-0.3, -0.25) is 4.90 Å². The Kier molecular flexibility index (Phi) is 11.5. The molecule has 0 saturated carbocycles. The molecule has 1 fully saturated rings. The molecule has 1 aliphatic rings. The van der Waals surface area contributed by atoms with E-state index in [4.69, 9.17) is 28.1 Å². The molecule has 5 rings (SSSR count). The van der Waals surface area contributed by atoms with E-state index in [1.807, 2.05) is 18.2 Å². The predicted molar refractivity (Wildman–Crippen MR) is 186 cm³/mol. The van der Waals surface area contributed by atoms with E-state index in [-0.39, 0.29) is 11.5 Å². The quantitative estimate of drug-likeness (QED) is 0.101. The molecule has 1 aliphatic heterocycles. The molecule has 0 bridgehead atoms. The Morgan fingerprint density at radius 2 is 1.43 bits per heavy atom. The molecule has 0 unspecified atom stereocenters. The highest BCUT2D eigenvalue weighted by molar-refractivity contribution is 5.92. The van der Waals surface area contributed by atoms with Crippen molar-refractivity contribution >= 4 is 16.7 Å². The summed E-state index contributed by atoms with van der Waals surface area (Å²) in [5.41, 5.74) is 4.02. The summed E-state index contributed by atoms with van der Waals surface area (Å²) in [4.78, 5) is 18.1. The number of nitrogens with zero attached hydrogens (tertiary/aromatic N) is 2. The Hall–Kier alpha value is -4.37. The number of unbranched alkanes of at least 4 members (excludes halogenated alkanes) is 2. The molecule has 9 heteroatoms. The molecule has 0 radical (unpaired) electrons. The van der Waals surface area contributed by atoms with E-state index < -0.39 is 0 Å². The van der Waals surface area contributed by atoms with E-state index in [2.05, 4.69) is 47.1 Å². The monoisotopic (exact) mass is 644 g/mol. The summed E-state index contributed by atoms with van der Waals surface area (Å²) in [5, 5.41) is 0.813. The summed E-state index contributed by atoms with van der Waals surface area (Å²) in [5.74, 6) is 2.61. The Balaban J connectivity index is 1.61. The molecule has 4 aromatic rings. The smallest absolute Gasteiger partial charge is 0.336 e. The first-order valence-corrected chi connectivity index (χ1v) is 16.5. The maximum Gasteiger partial charge on any atom is 0.336 e. The van der Waals surface area contributed by atoms with Crippen molar-refractivity contribution in [1.82, 2.24) is 4.90 Å². The highest BCUT2D eigenvalue weighted by Gasteiger charge is 2.30. The summed E-state index contributed by atoms with van der Waals surface area (Å²) < 4.78 is 35.3. The number of ether oxygens (including phenoxy) is 5. The Morgan fingerprint density at radius 3 is 2.02 bits per heavy atom. The number of methoxy groups -OCH3 is 5. The fourth-order valence-corrected chi connectivity index (χ4v) is 6.76. The van der Waals surface area contributed by atoms with Crippen LogP contribution in [0.25, 0.3) is 11.0 Å². The molecule has 0 N–H and O–H groups in total. The number of fused-ring (bicyclic) bond motifs is 1. The van der Waals surface area contributed by atoms with Crippen LogP contribution in [0.5, 0.6) is 28.7 Å². The van der Waals surface area contributed by atoms with Gasteiger partial charge in [0.1, 0.15) is 17.1 Å². The molecule has 3 aromatic carbocycles. The van der Waals surface area contributed by atoms with Gasteiger partial charge in [0.15, 0.2) is 11.5 Å². The number of para-hydroxylation sites is 1. The standard InChI is InChI=1S/C38H48N2O7/c1-7-8-10-13-26-24-34(41)47-38-35(26)30(42-2)25-31(43-3)36(38)29(27-22-32(44-4)37(46-6)33(23-27)45-5)16-17-39-18-20-40(21-19-39)28-14-11-9-12-15-28/h9,11-12,14-15,22-25,29H,7-8,10,13,16-21H2,1-6H3/t29-/m1/s1. The maximum atomic E-state index is 13.2. The molecule has 9 nitrogen and oxygen atoms in total. The van der Waals surface area contributed by atoms with Crippen molar-refractivity contribution in [3.63, 3.8) is 0 Å². The van der Waals surface area contributed by atoms with Gasteiger partial charge in [-0.1, -0.05) is 38.0 Å². The van der Waals surface area contributed by atoms with Crippen LogP contribution in [0.3, 0.4) is 0 Å². The molecule has 252 valence electrons. The van der Waals surface area contributed by atoms with Crippen molar-refractivity contribution in [2.24, 2.45) is 0 Å². The molecule has 1 saturated heterocycles. The number of anilines is 1. The van der Waals surface area contributed by atoms with Crippen LogP contribution in [0.2, 0.25) is 0 Å². The lowest BCUT2D eigenvalue weighted by Gasteiger charge is -2.37. The second-order valence-electron chi connectivity index (χ2n) is 11.9. The van der Waals surface area contributed by atoms with Crippen LogP contribution in [-0.2, 0) is 6.42 Å². The van der Waals surface area contributed by atoms with Crippen molar-refractivity contribution in [3.8, 4) is 28.7 Å². The zero-order valence-corrected chi connectivity index (χ0v) is 28.6. The third-order valence-corrected chi connectivity index (χ3v) is 9.22. The lowest BCUT2D eigenvalue weighted by atomic mass is 9.85. The second-order valence-corrected chi connectivity index (χ2v) is 11.9.